The highest BCUT2D eigenvalue weighted by Gasteiger charge is 2.38. The number of hydrogen-bond acceptors (Lipinski definition) is 1. The Hall–Kier alpha value is -0.820. The average molecular weight is 173 g/mol. The van der Waals surface area contributed by atoms with Gasteiger partial charge < -0.3 is 0 Å². The van der Waals surface area contributed by atoms with E-state index >= 15 is 0 Å². The molecule has 1 aliphatic heterocycles. The fraction of sp³-hybridized carbons (Fsp3) is 0.500. The van der Waals surface area contributed by atoms with Gasteiger partial charge in [0.05, 0.1) is 0 Å². The molecule has 1 saturated heterocycles. The van der Waals surface area contributed by atoms with Gasteiger partial charge in [-0.2, -0.15) is 0 Å². The van der Waals surface area contributed by atoms with E-state index in [0.717, 1.165) is 12.0 Å². The summed E-state index contributed by atoms with van der Waals surface area (Å²) in [5.74, 6) is 0.905. The van der Waals surface area contributed by atoms with E-state index in [-0.39, 0.29) is 0 Å². The lowest BCUT2D eigenvalue weighted by Crippen LogP contribution is -2.18. The van der Waals surface area contributed by atoms with Crippen LogP contribution < -0.4 is 0 Å². The zero-order valence-electron chi connectivity index (χ0n) is 8.03. The van der Waals surface area contributed by atoms with E-state index in [1.165, 1.54) is 19.4 Å². The third-order valence-corrected chi connectivity index (χ3v) is 3.63. The van der Waals surface area contributed by atoms with Gasteiger partial charge in [-0.3, -0.25) is 4.90 Å². The molecule has 1 aliphatic carbocycles. The highest BCUT2D eigenvalue weighted by Crippen LogP contribution is 2.45. The lowest BCUT2D eigenvalue weighted by atomic mass is 10.0. The van der Waals surface area contributed by atoms with Crippen molar-refractivity contribution >= 4 is 0 Å². The molecule has 1 aromatic rings. The maximum absolute atomic E-state index is 2.51. The van der Waals surface area contributed by atoms with Gasteiger partial charge in [0.15, 0.2) is 0 Å². The Labute approximate surface area is 79.4 Å². The normalized spacial score (nSPS) is 31.8. The lowest BCUT2D eigenvalue weighted by Gasteiger charge is -2.19. The van der Waals surface area contributed by atoms with Crippen LogP contribution in [0.25, 0.3) is 0 Å². The van der Waals surface area contributed by atoms with E-state index < -0.39 is 0 Å². The van der Waals surface area contributed by atoms with Crippen LogP contribution >= 0.6 is 0 Å². The third kappa shape index (κ3) is 0.969. The van der Waals surface area contributed by atoms with Crippen LogP contribution in [0.5, 0.6) is 0 Å². The zero-order chi connectivity index (χ0) is 8.84. The van der Waals surface area contributed by atoms with Gasteiger partial charge in [-0.25, -0.2) is 0 Å². The smallest absolute Gasteiger partial charge is 0.0379 e. The molecule has 13 heavy (non-hydrogen) atoms. The maximum atomic E-state index is 2.51. The molecule has 0 radical (unpaired) electrons. The van der Waals surface area contributed by atoms with Crippen molar-refractivity contribution in [3.8, 4) is 0 Å². The molecule has 68 valence electrons. The highest BCUT2D eigenvalue weighted by molar-refractivity contribution is 5.36. The molecular formula is C12H15N. The predicted octanol–water partition coefficient (Wildman–Crippen LogP) is 2.24. The van der Waals surface area contributed by atoms with Crippen molar-refractivity contribution in [2.45, 2.75) is 18.9 Å². The summed E-state index contributed by atoms with van der Waals surface area (Å²) in [6.45, 7) is 1.28. The van der Waals surface area contributed by atoms with Crippen molar-refractivity contribution in [1.82, 2.24) is 4.90 Å². The van der Waals surface area contributed by atoms with Crippen LogP contribution in [0.2, 0.25) is 0 Å². The van der Waals surface area contributed by atoms with Gasteiger partial charge in [0.2, 0.25) is 0 Å². The molecule has 1 aromatic carbocycles. The average Bonchev–Trinajstić information content (AvgIpc) is 2.66. The second-order valence-corrected chi connectivity index (χ2v) is 4.38. The Kier molecular flexibility index (Phi) is 1.50. The van der Waals surface area contributed by atoms with Crippen LogP contribution in [0.3, 0.4) is 0 Å². The lowest BCUT2D eigenvalue weighted by molar-refractivity contribution is 0.292. The van der Waals surface area contributed by atoms with Gasteiger partial charge >= 0.3 is 0 Å². The fourth-order valence-corrected chi connectivity index (χ4v) is 3.02. The van der Waals surface area contributed by atoms with Crippen molar-refractivity contribution in [1.29, 1.82) is 0 Å². The van der Waals surface area contributed by atoms with Crippen LogP contribution in [-0.2, 0) is 6.42 Å². The van der Waals surface area contributed by atoms with E-state index in [4.69, 9.17) is 0 Å². The largest absolute Gasteiger partial charge is 0.299 e. The molecular weight excluding hydrogens is 158 g/mol. The standard InChI is InChI=1S/C12H15N/c1-13-7-6-10-8-9-4-2-3-5-11(9)12(10)13/h2-5,10,12H,6-8H2,1H3. The molecule has 0 bridgehead atoms. The zero-order valence-corrected chi connectivity index (χ0v) is 8.03. The van der Waals surface area contributed by atoms with Crippen molar-refractivity contribution < 1.29 is 0 Å². The summed E-state index contributed by atoms with van der Waals surface area (Å²) in [6.07, 6.45) is 2.70. The maximum Gasteiger partial charge on any atom is 0.0379 e. The van der Waals surface area contributed by atoms with Crippen LogP contribution in [0.4, 0.5) is 0 Å². The topological polar surface area (TPSA) is 3.24 Å². The molecule has 2 aliphatic rings. The molecule has 1 heterocycles. The quantitative estimate of drug-likeness (QED) is 0.581. The van der Waals surface area contributed by atoms with Gasteiger partial charge in [-0.15, -0.1) is 0 Å². The van der Waals surface area contributed by atoms with Gasteiger partial charge in [-0.1, -0.05) is 24.3 Å². The minimum atomic E-state index is 0.733. The molecule has 0 saturated carbocycles. The highest BCUT2D eigenvalue weighted by atomic mass is 15.2. The van der Waals surface area contributed by atoms with Gasteiger partial charge in [0.25, 0.3) is 0 Å². The second kappa shape index (κ2) is 2.58. The molecule has 0 amide bonds. The summed E-state index contributed by atoms with van der Waals surface area (Å²) in [6, 6.07) is 9.67. The molecule has 0 N–H and O–H groups in total. The fourth-order valence-electron chi connectivity index (χ4n) is 3.02. The third-order valence-electron chi connectivity index (χ3n) is 3.63. The summed E-state index contributed by atoms with van der Waals surface area (Å²) in [5.41, 5.74) is 3.18. The number of nitrogens with zero attached hydrogens (tertiary/aromatic N) is 1. The monoisotopic (exact) mass is 173 g/mol. The Morgan fingerprint density at radius 1 is 1.31 bits per heavy atom. The van der Waals surface area contributed by atoms with Crippen LogP contribution in [0.1, 0.15) is 23.6 Å². The molecule has 1 heteroatoms. The van der Waals surface area contributed by atoms with E-state index in [0.29, 0.717) is 0 Å². The molecule has 0 spiro atoms. The summed E-state index contributed by atoms with van der Waals surface area (Å²) in [4.78, 5) is 2.51. The second-order valence-electron chi connectivity index (χ2n) is 4.38. The Balaban J connectivity index is 2.08. The minimum absolute atomic E-state index is 0.733. The van der Waals surface area contributed by atoms with E-state index in [1.807, 2.05) is 0 Å². The number of likely N-dealkylation sites (tertiary alicyclic amines) is 1. The Morgan fingerprint density at radius 3 is 3.08 bits per heavy atom. The summed E-state index contributed by atoms with van der Waals surface area (Å²) in [7, 11) is 2.26. The van der Waals surface area contributed by atoms with E-state index in [2.05, 4.69) is 36.2 Å². The number of hydrogen-bond donors (Lipinski definition) is 0. The number of fused-ring (bicyclic) bond motifs is 3. The molecule has 0 aromatic heterocycles. The summed E-state index contributed by atoms with van der Waals surface area (Å²) in [5, 5.41) is 0. The van der Waals surface area contributed by atoms with Crippen molar-refractivity contribution in [2.75, 3.05) is 13.6 Å². The Morgan fingerprint density at radius 2 is 2.15 bits per heavy atom. The first-order valence-corrected chi connectivity index (χ1v) is 5.14. The molecule has 3 rings (SSSR count). The summed E-state index contributed by atoms with van der Waals surface area (Å²) >= 11 is 0. The minimum Gasteiger partial charge on any atom is -0.299 e. The first-order chi connectivity index (χ1) is 6.36. The van der Waals surface area contributed by atoms with Crippen molar-refractivity contribution in [2.24, 2.45) is 5.92 Å². The van der Waals surface area contributed by atoms with Crippen molar-refractivity contribution in [3.63, 3.8) is 0 Å². The number of rotatable bonds is 0. The first kappa shape index (κ1) is 7.57. The van der Waals surface area contributed by atoms with E-state index in [1.54, 1.807) is 11.1 Å². The van der Waals surface area contributed by atoms with Crippen LogP contribution in [0.15, 0.2) is 24.3 Å². The van der Waals surface area contributed by atoms with Crippen molar-refractivity contribution in [3.05, 3.63) is 35.4 Å². The molecule has 2 atom stereocenters. The van der Waals surface area contributed by atoms with Gasteiger partial charge in [-0.05, 0) is 43.5 Å². The van der Waals surface area contributed by atoms with Crippen LogP contribution in [0, 0.1) is 5.92 Å². The van der Waals surface area contributed by atoms with Crippen LogP contribution in [-0.4, -0.2) is 18.5 Å². The molecule has 1 fully saturated rings. The first-order valence-electron chi connectivity index (χ1n) is 5.14. The number of benzene rings is 1. The summed E-state index contributed by atoms with van der Waals surface area (Å²) < 4.78 is 0. The Bertz CT molecular complexity index is 332. The van der Waals surface area contributed by atoms with E-state index in [9.17, 15) is 0 Å². The SMILES string of the molecule is CN1CCC2Cc3ccccc3C21. The van der Waals surface area contributed by atoms with Gasteiger partial charge in [0, 0.05) is 6.04 Å². The van der Waals surface area contributed by atoms with Gasteiger partial charge in [0.1, 0.15) is 0 Å². The molecule has 2 unspecified atom stereocenters. The molecule has 1 nitrogen and oxygen atoms in total. The predicted molar refractivity (Wildman–Crippen MR) is 53.6 cm³/mol.